The Morgan fingerprint density at radius 3 is 2.81 bits per heavy atom. The van der Waals surface area contributed by atoms with Crippen molar-refractivity contribution in [2.24, 2.45) is 0 Å². The number of para-hydroxylation sites is 1. The number of hydrogen-bond acceptors (Lipinski definition) is 5. The molecule has 1 fully saturated rings. The van der Waals surface area contributed by atoms with E-state index in [1.54, 1.807) is 6.07 Å². The summed E-state index contributed by atoms with van der Waals surface area (Å²) >= 11 is 0. The summed E-state index contributed by atoms with van der Waals surface area (Å²) in [6, 6.07) is 5.99. The molecule has 2 rings (SSSR count). The van der Waals surface area contributed by atoms with E-state index in [1.165, 1.54) is 0 Å². The molecule has 116 valence electrons. The molecule has 1 saturated heterocycles. The normalized spacial score (nSPS) is 18.3. The average molecular weight is 292 g/mol. The van der Waals surface area contributed by atoms with Gasteiger partial charge in [-0.15, -0.1) is 0 Å². The van der Waals surface area contributed by atoms with Crippen LogP contribution < -0.4 is 10.2 Å². The van der Waals surface area contributed by atoms with Crippen LogP contribution in [0.15, 0.2) is 18.2 Å². The Bertz CT molecular complexity index is 504. The number of hydrogen-bond donors (Lipinski definition) is 1. The minimum Gasteiger partial charge on any atom is -0.379 e. The first-order valence-corrected chi connectivity index (χ1v) is 7.47. The van der Waals surface area contributed by atoms with Crippen molar-refractivity contribution in [3.8, 4) is 0 Å². The van der Waals surface area contributed by atoms with Crippen molar-refractivity contribution >= 4 is 17.1 Å². The van der Waals surface area contributed by atoms with E-state index in [1.807, 2.05) is 19.1 Å². The van der Waals surface area contributed by atoms with Crippen molar-refractivity contribution in [3.63, 3.8) is 0 Å². The standard InChI is InChI=1S/C15H24N4O2/c1-4-9-16-13-6-5-7-14(15(13)19(20)21)18-10-8-12(11-18)17(2)3/h5-7,12,16H,4,8-11H2,1-3H3. The Hall–Kier alpha value is -1.82. The van der Waals surface area contributed by atoms with Gasteiger partial charge in [0.2, 0.25) is 0 Å². The summed E-state index contributed by atoms with van der Waals surface area (Å²) in [5.41, 5.74) is 1.54. The Morgan fingerprint density at radius 1 is 1.48 bits per heavy atom. The lowest BCUT2D eigenvalue weighted by Crippen LogP contribution is -2.31. The molecule has 1 aliphatic heterocycles. The molecule has 1 aromatic rings. The maximum atomic E-state index is 11.5. The molecule has 21 heavy (non-hydrogen) atoms. The van der Waals surface area contributed by atoms with E-state index in [0.717, 1.165) is 38.2 Å². The molecule has 0 bridgehead atoms. The zero-order valence-electron chi connectivity index (χ0n) is 13.0. The first kappa shape index (κ1) is 15.6. The lowest BCUT2D eigenvalue weighted by atomic mass is 10.2. The van der Waals surface area contributed by atoms with Gasteiger partial charge in [0.1, 0.15) is 11.4 Å². The topological polar surface area (TPSA) is 61.6 Å². The number of nitrogens with zero attached hydrogens (tertiary/aromatic N) is 3. The van der Waals surface area contributed by atoms with Gasteiger partial charge >= 0.3 is 5.69 Å². The Labute approximate surface area is 125 Å². The van der Waals surface area contributed by atoms with Gasteiger partial charge in [0.05, 0.1) is 4.92 Å². The van der Waals surface area contributed by atoms with Gasteiger partial charge in [0, 0.05) is 25.7 Å². The number of rotatable bonds is 6. The predicted molar refractivity (Wildman–Crippen MR) is 86.2 cm³/mol. The molecule has 0 spiro atoms. The third-order valence-electron chi connectivity index (χ3n) is 4.00. The van der Waals surface area contributed by atoms with Crippen LogP contribution in [-0.4, -0.2) is 49.6 Å². The van der Waals surface area contributed by atoms with Gasteiger partial charge in [-0.1, -0.05) is 13.0 Å². The van der Waals surface area contributed by atoms with E-state index in [0.29, 0.717) is 11.7 Å². The van der Waals surface area contributed by atoms with Crippen LogP contribution in [0.3, 0.4) is 0 Å². The first-order valence-electron chi connectivity index (χ1n) is 7.47. The van der Waals surface area contributed by atoms with Crippen molar-refractivity contribution in [2.75, 3.05) is 43.9 Å². The lowest BCUT2D eigenvalue weighted by molar-refractivity contribution is -0.383. The summed E-state index contributed by atoms with van der Waals surface area (Å²) in [6.45, 7) is 4.49. The second-order valence-corrected chi connectivity index (χ2v) is 5.71. The van der Waals surface area contributed by atoms with Gasteiger partial charge in [-0.05, 0) is 39.1 Å². The van der Waals surface area contributed by atoms with Crippen LogP contribution in [0.4, 0.5) is 17.1 Å². The summed E-state index contributed by atoms with van der Waals surface area (Å²) in [5.74, 6) is 0. The summed E-state index contributed by atoms with van der Waals surface area (Å²) in [5, 5.41) is 14.7. The molecule has 0 aliphatic carbocycles. The van der Waals surface area contributed by atoms with Crippen molar-refractivity contribution in [1.82, 2.24) is 4.90 Å². The number of anilines is 2. The monoisotopic (exact) mass is 292 g/mol. The van der Waals surface area contributed by atoms with Crippen LogP contribution in [-0.2, 0) is 0 Å². The molecule has 1 aliphatic rings. The summed E-state index contributed by atoms with van der Waals surface area (Å²) in [6.07, 6.45) is 1.98. The predicted octanol–water partition coefficient (Wildman–Crippen LogP) is 2.56. The highest BCUT2D eigenvalue weighted by Gasteiger charge is 2.30. The number of nitro groups is 1. The zero-order valence-corrected chi connectivity index (χ0v) is 13.0. The Balaban J connectivity index is 2.29. The van der Waals surface area contributed by atoms with Crippen molar-refractivity contribution < 1.29 is 4.92 Å². The molecule has 6 nitrogen and oxygen atoms in total. The van der Waals surface area contributed by atoms with Crippen LogP contribution in [0.1, 0.15) is 19.8 Å². The van der Waals surface area contributed by atoms with E-state index in [9.17, 15) is 10.1 Å². The number of likely N-dealkylation sites (N-methyl/N-ethyl adjacent to an activating group) is 1. The Morgan fingerprint density at radius 2 is 2.24 bits per heavy atom. The van der Waals surface area contributed by atoms with Crippen molar-refractivity contribution in [3.05, 3.63) is 28.3 Å². The SMILES string of the molecule is CCCNc1cccc(N2CCC(N(C)C)C2)c1[N+](=O)[O-]. The molecule has 1 unspecified atom stereocenters. The highest BCUT2D eigenvalue weighted by Crippen LogP contribution is 2.37. The lowest BCUT2D eigenvalue weighted by Gasteiger charge is -2.22. The average Bonchev–Trinajstić information content (AvgIpc) is 2.94. The molecular formula is C15H24N4O2. The quantitative estimate of drug-likeness (QED) is 0.645. The van der Waals surface area contributed by atoms with Crippen LogP contribution in [0.25, 0.3) is 0 Å². The Kier molecular flexibility index (Phi) is 5.01. The third kappa shape index (κ3) is 3.44. The zero-order chi connectivity index (χ0) is 15.4. The van der Waals surface area contributed by atoms with Gasteiger partial charge in [0.25, 0.3) is 0 Å². The number of benzene rings is 1. The second-order valence-electron chi connectivity index (χ2n) is 5.71. The largest absolute Gasteiger partial charge is 0.379 e. The highest BCUT2D eigenvalue weighted by atomic mass is 16.6. The van der Waals surface area contributed by atoms with Gasteiger partial charge in [0.15, 0.2) is 0 Å². The fourth-order valence-corrected chi connectivity index (χ4v) is 2.76. The van der Waals surface area contributed by atoms with Gasteiger partial charge in [-0.3, -0.25) is 10.1 Å². The van der Waals surface area contributed by atoms with E-state index < -0.39 is 0 Å². The van der Waals surface area contributed by atoms with Gasteiger partial charge in [-0.2, -0.15) is 0 Å². The maximum Gasteiger partial charge on any atom is 0.315 e. The minimum absolute atomic E-state index is 0.199. The number of nitro benzene ring substituents is 1. The highest BCUT2D eigenvalue weighted by molar-refractivity contribution is 5.77. The summed E-state index contributed by atoms with van der Waals surface area (Å²) in [4.78, 5) is 15.5. The van der Waals surface area contributed by atoms with E-state index in [4.69, 9.17) is 0 Å². The van der Waals surface area contributed by atoms with E-state index in [-0.39, 0.29) is 10.6 Å². The van der Waals surface area contributed by atoms with Crippen molar-refractivity contribution in [2.45, 2.75) is 25.8 Å². The first-order chi connectivity index (χ1) is 10.0. The molecule has 6 heteroatoms. The van der Waals surface area contributed by atoms with E-state index in [2.05, 4.69) is 29.2 Å². The number of nitrogens with one attached hydrogen (secondary N) is 1. The van der Waals surface area contributed by atoms with Crippen LogP contribution >= 0.6 is 0 Å². The van der Waals surface area contributed by atoms with Gasteiger partial charge < -0.3 is 15.1 Å². The second kappa shape index (κ2) is 6.76. The van der Waals surface area contributed by atoms with Crippen LogP contribution in [0, 0.1) is 10.1 Å². The molecule has 0 saturated carbocycles. The minimum atomic E-state index is -0.268. The molecule has 0 amide bonds. The summed E-state index contributed by atoms with van der Waals surface area (Å²) < 4.78 is 0. The molecule has 1 N–H and O–H groups in total. The smallest absolute Gasteiger partial charge is 0.315 e. The van der Waals surface area contributed by atoms with Crippen LogP contribution in [0.2, 0.25) is 0 Å². The maximum absolute atomic E-state index is 11.5. The van der Waals surface area contributed by atoms with E-state index >= 15 is 0 Å². The van der Waals surface area contributed by atoms with Crippen LogP contribution in [0.5, 0.6) is 0 Å². The fraction of sp³-hybridized carbons (Fsp3) is 0.600. The fourth-order valence-electron chi connectivity index (χ4n) is 2.76. The molecule has 1 atom stereocenters. The summed E-state index contributed by atoms with van der Waals surface area (Å²) in [7, 11) is 4.11. The van der Waals surface area contributed by atoms with Crippen molar-refractivity contribution in [1.29, 1.82) is 0 Å². The molecule has 1 aromatic carbocycles. The molecule has 0 radical (unpaired) electrons. The molecular weight excluding hydrogens is 268 g/mol. The molecule has 0 aromatic heterocycles. The third-order valence-corrected chi connectivity index (χ3v) is 4.00. The molecule has 1 heterocycles. The van der Waals surface area contributed by atoms with Gasteiger partial charge in [-0.25, -0.2) is 0 Å².